The van der Waals surface area contributed by atoms with E-state index in [0.717, 1.165) is 63.9 Å². The van der Waals surface area contributed by atoms with Crippen LogP contribution in [0, 0.1) is 0 Å². The predicted octanol–water partition coefficient (Wildman–Crippen LogP) is 1.70. The van der Waals surface area contributed by atoms with E-state index in [1.54, 1.807) is 0 Å². The number of benzene rings is 1. The molecule has 25 heavy (non-hydrogen) atoms. The molecule has 1 aromatic heterocycles. The number of rotatable bonds is 3. The molecule has 0 radical (unpaired) electrons. The second kappa shape index (κ2) is 6.42. The normalized spacial score (nSPS) is 21.0. The van der Waals surface area contributed by atoms with Gasteiger partial charge >= 0.3 is 0 Å². The number of likely N-dealkylation sites (tertiary alicyclic amines) is 1. The van der Waals surface area contributed by atoms with Gasteiger partial charge in [-0.15, -0.1) is 10.2 Å². The lowest BCUT2D eigenvalue weighted by Crippen LogP contribution is -2.34. The molecule has 1 saturated heterocycles. The smallest absolute Gasteiger partial charge is 0.147 e. The number of nitrogens with one attached hydrogen (secondary N) is 1. The SMILES string of the molecule is c1cc2c(cc1CN1CCC(c3nnc4n3CCNC4)CC1)CCO2. The van der Waals surface area contributed by atoms with Crippen molar-refractivity contribution in [3.05, 3.63) is 41.0 Å². The van der Waals surface area contributed by atoms with Crippen molar-refractivity contribution >= 4 is 0 Å². The quantitative estimate of drug-likeness (QED) is 0.922. The van der Waals surface area contributed by atoms with E-state index in [1.165, 1.54) is 29.8 Å². The largest absolute Gasteiger partial charge is 0.493 e. The molecule has 1 fully saturated rings. The van der Waals surface area contributed by atoms with E-state index in [2.05, 4.69) is 43.2 Å². The Labute approximate surface area is 148 Å². The Bertz CT molecular complexity index is 763. The average molecular weight is 339 g/mol. The van der Waals surface area contributed by atoms with Gasteiger partial charge in [0, 0.05) is 32.0 Å². The second-order valence-electron chi connectivity index (χ2n) is 7.39. The van der Waals surface area contributed by atoms with Crippen LogP contribution < -0.4 is 10.1 Å². The van der Waals surface area contributed by atoms with Crippen LogP contribution in [0.4, 0.5) is 0 Å². The number of fused-ring (bicyclic) bond motifs is 2. The Morgan fingerprint density at radius 1 is 1.16 bits per heavy atom. The van der Waals surface area contributed by atoms with Crippen LogP contribution in [0.1, 0.15) is 41.5 Å². The number of piperidine rings is 1. The van der Waals surface area contributed by atoms with Crippen molar-refractivity contribution < 1.29 is 4.74 Å². The maximum Gasteiger partial charge on any atom is 0.147 e. The molecule has 6 nitrogen and oxygen atoms in total. The lowest BCUT2D eigenvalue weighted by Gasteiger charge is -2.32. The van der Waals surface area contributed by atoms with Gasteiger partial charge in [0.05, 0.1) is 13.2 Å². The van der Waals surface area contributed by atoms with E-state index in [0.29, 0.717) is 5.92 Å². The van der Waals surface area contributed by atoms with Crippen molar-refractivity contribution in [3.8, 4) is 5.75 Å². The third-order valence-electron chi connectivity index (χ3n) is 5.76. The van der Waals surface area contributed by atoms with E-state index in [4.69, 9.17) is 4.74 Å². The van der Waals surface area contributed by atoms with Crippen LogP contribution in [0.2, 0.25) is 0 Å². The Balaban J connectivity index is 1.22. The summed E-state index contributed by atoms with van der Waals surface area (Å²) < 4.78 is 7.96. The third kappa shape index (κ3) is 2.93. The number of ether oxygens (including phenoxy) is 1. The molecule has 0 bridgehead atoms. The van der Waals surface area contributed by atoms with Crippen molar-refractivity contribution in [2.45, 2.75) is 44.8 Å². The van der Waals surface area contributed by atoms with E-state index in [-0.39, 0.29) is 0 Å². The number of hydrogen-bond donors (Lipinski definition) is 1. The summed E-state index contributed by atoms with van der Waals surface area (Å²) in [5.74, 6) is 3.95. The number of hydrogen-bond acceptors (Lipinski definition) is 5. The van der Waals surface area contributed by atoms with Crippen LogP contribution in [0.3, 0.4) is 0 Å². The predicted molar refractivity (Wildman–Crippen MR) is 94.6 cm³/mol. The minimum absolute atomic E-state index is 0.559. The minimum atomic E-state index is 0.559. The van der Waals surface area contributed by atoms with Gasteiger partial charge in [-0.1, -0.05) is 12.1 Å². The molecule has 4 heterocycles. The van der Waals surface area contributed by atoms with Gasteiger partial charge in [-0.25, -0.2) is 0 Å². The molecular weight excluding hydrogens is 314 g/mol. The fourth-order valence-electron chi connectivity index (χ4n) is 4.36. The molecule has 0 spiro atoms. The van der Waals surface area contributed by atoms with Crippen LogP contribution in [0.15, 0.2) is 18.2 Å². The maximum absolute atomic E-state index is 5.61. The molecule has 2 aromatic rings. The highest BCUT2D eigenvalue weighted by atomic mass is 16.5. The molecule has 3 aliphatic heterocycles. The van der Waals surface area contributed by atoms with Crippen molar-refractivity contribution in [3.63, 3.8) is 0 Å². The van der Waals surface area contributed by atoms with E-state index >= 15 is 0 Å². The molecule has 0 aliphatic carbocycles. The van der Waals surface area contributed by atoms with Crippen LogP contribution in [0.25, 0.3) is 0 Å². The fourth-order valence-corrected chi connectivity index (χ4v) is 4.36. The van der Waals surface area contributed by atoms with Gasteiger partial charge in [-0.05, 0) is 43.1 Å². The minimum Gasteiger partial charge on any atom is -0.493 e. The van der Waals surface area contributed by atoms with Crippen LogP contribution in [-0.4, -0.2) is 45.9 Å². The molecule has 5 rings (SSSR count). The molecule has 1 N–H and O–H groups in total. The zero-order valence-corrected chi connectivity index (χ0v) is 14.6. The highest BCUT2D eigenvalue weighted by molar-refractivity contribution is 5.39. The first kappa shape index (κ1) is 15.3. The first-order valence-electron chi connectivity index (χ1n) is 9.46. The standard InChI is InChI=1S/C19H25N5O/c1-2-17-16(5-10-25-17)11-14(1)13-23-7-3-15(4-8-23)19-22-21-18-12-20-6-9-24(18)19/h1-2,11,15,20H,3-10,12-13H2. The van der Waals surface area contributed by atoms with Gasteiger partial charge in [-0.3, -0.25) is 4.90 Å². The van der Waals surface area contributed by atoms with Crippen molar-refractivity contribution in [1.82, 2.24) is 25.0 Å². The zero-order valence-electron chi connectivity index (χ0n) is 14.6. The van der Waals surface area contributed by atoms with E-state index in [1.807, 2.05) is 0 Å². The van der Waals surface area contributed by atoms with Gasteiger partial charge in [0.2, 0.25) is 0 Å². The summed E-state index contributed by atoms with van der Waals surface area (Å²) in [5.41, 5.74) is 2.78. The van der Waals surface area contributed by atoms with Crippen LogP contribution in [-0.2, 0) is 26.1 Å². The molecule has 1 aromatic carbocycles. The Morgan fingerprint density at radius 2 is 2.08 bits per heavy atom. The van der Waals surface area contributed by atoms with Gasteiger partial charge in [0.25, 0.3) is 0 Å². The average Bonchev–Trinajstić information content (AvgIpc) is 3.29. The van der Waals surface area contributed by atoms with Crippen molar-refractivity contribution in [2.75, 3.05) is 26.2 Å². The molecule has 0 atom stereocenters. The topological polar surface area (TPSA) is 55.2 Å². The monoisotopic (exact) mass is 339 g/mol. The summed E-state index contributed by atoms with van der Waals surface area (Å²) >= 11 is 0. The Morgan fingerprint density at radius 3 is 3.00 bits per heavy atom. The molecule has 0 saturated carbocycles. The van der Waals surface area contributed by atoms with Crippen LogP contribution in [0.5, 0.6) is 5.75 Å². The highest BCUT2D eigenvalue weighted by Gasteiger charge is 2.27. The molecule has 0 amide bonds. The van der Waals surface area contributed by atoms with Gasteiger partial charge in [0.15, 0.2) is 0 Å². The lowest BCUT2D eigenvalue weighted by molar-refractivity contribution is 0.199. The molecule has 132 valence electrons. The summed E-state index contributed by atoms with van der Waals surface area (Å²) in [5, 5.41) is 12.3. The van der Waals surface area contributed by atoms with Gasteiger partial charge < -0.3 is 14.6 Å². The maximum atomic E-state index is 5.61. The van der Waals surface area contributed by atoms with E-state index in [9.17, 15) is 0 Å². The molecular formula is C19H25N5O. The summed E-state index contributed by atoms with van der Waals surface area (Å²) in [4.78, 5) is 2.57. The Kier molecular flexibility index (Phi) is 3.94. The van der Waals surface area contributed by atoms with Crippen molar-refractivity contribution in [1.29, 1.82) is 0 Å². The zero-order chi connectivity index (χ0) is 16.6. The lowest BCUT2D eigenvalue weighted by atomic mass is 9.95. The van der Waals surface area contributed by atoms with Crippen molar-refractivity contribution in [2.24, 2.45) is 0 Å². The Hall–Kier alpha value is -1.92. The van der Waals surface area contributed by atoms with E-state index < -0.39 is 0 Å². The molecule has 3 aliphatic rings. The molecule has 6 heteroatoms. The number of aromatic nitrogens is 3. The van der Waals surface area contributed by atoms with Gasteiger partial charge in [-0.2, -0.15) is 0 Å². The molecule has 0 unspecified atom stereocenters. The highest BCUT2D eigenvalue weighted by Crippen LogP contribution is 2.30. The first-order valence-corrected chi connectivity index (χ1v) is 9.46. The summed E-state index contributed by atoms with van der Waals surface area (Å²) in [6, 6.07) is 6.69. The fraction of sp³-hybridized carbons (Fsp3) is 0.579. The third-order valence-corrected chi connectivity index (χ3v) is 5.76. The second-order valence-corrected chi connectivity index (χ2v) is 7.39. The van der Waals surface area contributed by atoms with Crippen LogP contribution >= 0.6 is 0 Å². The first-order chi connectivity index (χ1) is 12.4. The summed E-state index contributed by atoms with van der Waals surface area (Å²) in [6.45, 7) is 7.05. The summed E-state index contributed by atoms with van der Waals surface area (Å²) in [7, 11) is 0. The number of nitrogens with zero attached hydrogens (tertiary/aromatic N) is 4. The summed E-state index contributed by atoms with van der Waals surface area (Å²) in [6.07, 6.45) is 3.41. The van der Waals surface area contributed by atoms with Gasteiger partial charge in [0.1, 0.15) is 17.4 Å².